The van der Waals surface area contributed by atoms with Crippen LogP contribution < -0.4 is 0 Å². The fourth-order valence-electron chi connectivity index (χ4n) is 1.83. The second-order valence-corrected chi connectivity index (χ2v) is 3.30. The molecule has 74 valence electrons. The van der Waals surface area contributed by atoms with Crippen LogP contribution in [0.2, 0.25) is 0 Å². The van der Waals surface area contributed by atoms with E-state index < -0.39 is 23.4 Å². The Morgan fingerprint density at radius 2 is 1.23 bits per heavy atom. The van der Waals surface area contributed by atoms with Crippen molar-refractivity contribution in [2.75, 3.05) is 0 Å². The van der Waals surface area contributed by atoms with Crippen molar-refractivity contribution in [2.45, 2.75) is 37.9 Å². The second-order valence-electron chi connectivity index (χ2n) is 3.30. The first-order chi connectivity index (χ1) is 5.93. The van der Waals surface area contributed by atoms with Crippen LogP contribution in [0.4, 0.5) is 17.6 Å². The van der Waals surface area contributed by atoms with Gasteiger partial charge in [-0.25, -0.2) is 4.74 Å². The van der Waals surface area contributed by atoms with Gasteiger partial charge in [0.2, 0.25) is 0 Å². The van der Waals surface area contributed by atoms with Gasteiger partial charge in [0, 0.05) is 11.1 Å². The SMILES string of the molecule is FC1(F)OC(F)(F)C2=C1CCCC2. The summed E-state index contributed by atoms with van der Waals surface area (Å²) in [5.74, 6) is 0. The number of hydrogen-bond donors (Lipinski definition) is 0. The van der Waals surface area contributed by atoms with Crippen LogP contribution in [0.5, 0.6) is 0 Å². The van der Waals surface area contributed by atoms with Gasteiger partial charge in [-0.3, -0.25) is 0 Å². The van der Waals surface area contributed by atoms with Crippen LogP contribution in [0.15, 0.2) is 11.1 Å². The first kappa shape index (κ1) is 8.99. The summed E-state index contributed by atoms with van der Waals surface area (Å²) in [6, 6.07) is 0. The molecule has 0 aromatic carbocycles. The Balaban J connectivity index is 2.43. The zero-order valence-electron chi connectivity index (χ0n) is 6.75. The predicted molar refractivity (Wildman–Crippen MR) is 36.5 cm³/mol. The van der Waals surface area contributed by atoms with Gasteiger partial charge >= 0.3 is 12.2 Å². The molecule has 5 heteroatoms. The smallest absolute Gasteiger partial charge is 0.248 e. The lowest BCUT2D eigenvalue weighted by molar-refractivity contribution is -0.323. The van der Waals surface area contributed by atoms with Crippen molar-refractivity contribution in [3.8, 4) is 0 Å². The van der Waals surface area contributed by atoms with Crippen molar-refractivity contribution in [3.05, 3.63) is 11.1 Å². The highest BCUT2D eigenvalue weighted by atomic mass is 19.3. The van der Waals surface area contributed by atoms with Gasteiger partial charge in [-0.05, 0) is 25.7 Å². The molecule has 0 aromatic rings. The van der Waals surface area contributed by atoms with Gasteiger partial charge in [-0.15, -0.1) is 0 Å². The quantitative estimate of drug-likeness (QED) is 0.427. The Hall–Kier alpha value is -0.580. The molecule has 0 N–H and O–H groups in total. The van der Waals surface area contributed by atoms with Gasteiger partial charge in [-0.2, -0.15) is 17.6 Å². The zero-order valence-corrected chi connectivity index (χ0v) is 6.75. The minimum atomic E-state index is -3.75. The lowest BCUT2D eigenvalue weighted by Crippen LogP contribution is -2.25. The van der Waals surface area contributed by atoms with Crippen LogP contribution in [0.25, 0.3) is 0 Å². The Morgan fingerprint density at radius 1 is 0.846 bits per heavy atom. The molecule has 0 unspecified atom stereocenters. The highest BCUT2D eigenvalue weighted by Gasteiger charge is 2.58. The molecule has 0 fully saturated rings. The summed E-state index contributed by atoms with van der Waals surface area (Å²) in [6.07, 6.45) is -6.38. The largest absolute Gasteiger partial charge is 0.384 e. The highest BCUT2D eigenvalue weighted by Crippen LogP contribution is 2.51. The third-order valence-electron chi connectivity index (χ3n) is 2.43. The fourth-order valence-corrected chi connectivity index (χ4v) is 1.83. The molecule has 0 radical (unpaired) electrons. The zero-order chi connectivity index (χ0) is 9.69. The van der Waals surface area contributed by atoms with Crippen LogP contribution in [0.1, 0.15) is 25.7 Å². The van der Waals surface area contributed by atoms with E-state index >= 15 is 0 Å². The van der Waals surface area contributed by atoms with Crippen molar-refractivity contribution in [1.82, 2.24) is 0 Å². The maximum Gasteiger partial charge on any atom is 0.384 e. The monoisotopic (exact) mass is 196 g/mol. The number of ether oxygens (including phenoxy) is 1. The maximum atomic E-state index is 12.8. The Kier molecular flexibility index (Phi) is 1.71. The lowest BCUT2D eigenvalue weighted by Gasteiger charge is -2.15. The first-order valence-electron chi connectivity index (χ1n) is 4.12. The molecular weight excluding hydrogens is 188 g/mol. The second kappa shape index (κ2) is 2.47. The molecule has 1 aliphatic carbocycles. The third kappa shape index (κ3) is 1.25. The van der Waals surface area contributed by atoms with E-state index in [2.05, 4.69) is 4.74 Å². The molecule has 0 atom stereocenters. The standard InChI is InChI=1S/C8H8F4O/c9-7(10)5-3-1-2-4-6(5)8(11,12)13-7/h1-4H2. The van der Waals surface area contributed by atoms with Gasteiger partial charge in [0.1, 0.15) is 0 Å². The summed E-state index contributed by atoms with van der Waals surface area (Å²) < 4.78 is 54.7. The van der Waals surface area contributed by atoms with E-state index in [0.29, 0.717) is 12.8 Å². The molecule has 2 rings (SSSR count). The van der Waals surface area contributed by atoms with E-state index in [9.17, 15) is 17.6 Å². The molecule has 1 nitrogen and oxygen atoms in total. The van der Waals surface area contributed by atoms with Crippen LogP contribution in [-0.2, 0) is 4.74 Å². The normalized spacial score (nSPS) is 30.5. The summed E-state index contributed by atoms with van der Waals surface area (Å²) in [5.41, 5.74) is -0.993. The van der Waals surface area contributed by atoms with E-state index in [1.807, 2.05) is 0 Å². The van der Waals surface area contributed by atoms with Crippen LogP contribution in [-0.4, -0.2) is 12.2 Å². The summed E-state index contributed by atoms with van der Waals surface area (Å²) in [6.45, 7) is 0. The predicted octanol–water partition coefficient (Wildman–Crippen LogP) is 3.07. The van der Waals surface area contributed by atoms with Crippen molar-refractivity contribution >= 4 is 0 Å². The average Bonchev–Trinajstić information content (AvgIpc) is 2.20. The van der Waals surface area contributed by atoms with E-state index in [1.54, 1.807) is 0 Å². The Labute approximate surface area is 72.4 Å². The summed E-state index contributed by atoms with van der Waals surface area (Å²) in [5, 5.41) is 0. The molecule has 0 bridgehead atoms. The molecule has 0 saturated heterocycles. The molecule has 2 aliphatic rings. The fraction of sp³-hybridized carbons (Fsp3) is 0.750. The summed E-state index contributed by atoms with van der Waals surface area (Å²) in [7, 11) is 0. The van der Waals surface area contributed by atoms with Crippen molar-refractivity contribution in [1.29, 1.82) is 0 Å². The molecule has 0 aromatic heterocycles. The van der Waals surface area contributed by atoms with Gasteiger partial charge in [0.25, 0.3) is 0 Å². The number of hydrogen-bond acceptors (Lipinski definition) is 1. The first-order valence-corrected chi connectivity index (χ1v) is 4.12. The van der Waals surface area contributed by atoms with Crippen molar-refractivity contribution < 1.29 is 22.3 Å². The molecular formula is C8H8F4O. The Morgan fingerprint density at radius 3 is 1.62 bits per heavy atom. The number of halogens is 4. The minimum absolute atomic E-state index is 0.0257. The van der Waals surface area contributed by atoms with Crippen molar-refractivity contribution in [3.63, 3.8) is 0 Å². The molecule has 1 heterocycles. The molecule has 0 saturated carbocycles. The topological polar surface area (TPSA) is 9.23 Å². The lowest BCUT2D eigenvalue weighted by atomic mass is 9.92. The maximum absolute atomic E-state index is 12.8. The van der Waals surface area contributed by atoms with Gasteiger partial charge in [0.15, 0.2) is 0 Å². The van der Waals surface area contributed by atoms with Crippen LogP contribution in [0, 0.1) is 0 Å². The van der Waals surface area contributed by atoms with E-state index in [4.69, 9.17) is 0 Å². The van der Waals surface area contributed by atoms with Crippen LogP contribution in [0.3, 0.4) is 0 Å². The van der Waals surface area contributed by atoms with Gasteiger partial charge in [0.05, 0.1) is 0 Å². The molecule has 0 amide bonds. The van der Waals surface area contributed by atoms with E-state index in [0.717, 1.165) is 0 Å². The van der Waals surface area contributed by atoms with E-state index in [1.165, 1.54) is 0 Å². The molecule has 13 heavy (non-hydrogen) atoms. The minimum Gasteiger partial charge on any atom is -0.248 e. The summed E-state index contributed by atoms with van der Waals surface area (Å²) >= 11 is 0. The summed E-state index contributed by atoms with van der Waals surface area (Å²) in [4.78, 5) is 0. The number of rotatable bonds is 0. The van der Waals surface area contributed by atoms with Crippen LogP contribution >= 0.6 is 0 Å². The highest BCUT2D eigenvalue weighted by molar-refractivity contribution is 5.30. The average molecular weight is 196 g/mol. The Bertz CT molecular complexity index is 243. The third-order valence-corrected chi connectivity index (χ3v) is 2.43. The van der Waals surface area contributed by atoms with Gasteiger partial charge in [-0.1, -0.05) is 0 Å². The van der Waals surface area contributed by atoms with Crippen molar-refractivity contribution in [2.24, 2.45) is 0 Å². The molecule has 0 spiro atoms. The van der Waals surface area contributed by atoms with E-state index in [-0.39, 0.29) is 12.8 Å². The number of alkyl halides is 4. The molecule has 1 aliphatic heterocycles. The van der Waals surface area contributed by atoms with Gasteiger partial charge < -0.3 is 0 Å².